The zero-order chi connectivity index (χ0) is 20.7. The molecule has 1 saturated carbocycles. The predicted molar refractivity (Wildman–Crippen MR) is 111 cm³/mol. The van der Waals surface area contributed by atoms with E-state index in [0.29, 0.717) is 34.8 Å². The first-order valence-electron chi connectivity index (χ1n) is 9.91. The maximum atomic E-state index is 11.4. The van der Waals surface area contributed by atoms with E-state index in [4.69, 9.17) is 5.11 Å². The molecule has 0 bridgehead atoms. The molecule has 4 nitrogen and oxygen atoms in total. The zero-order valence-electron chi connectivity index (χ0n) is 16.8. The van der Waals surface area contributed by atoms with Crippen LogP contribution in [0, 0.1) is 17.8 Å². The summed E-state index contributed by atoms with van der Waals surface area (Å²) in [6, 6.07) is 15.8. The van der Waals surface area contributed by atoms with Crippen molar-refractivity contribution in [2.45, 2.75) is 46.0 Å². The summed E-state index contributed by atoms with van der Waals surface area (Å²) < 4.78 is 0. The molecule has 3 atom stereocenters. The van der Waals surface area contributed by atoms with E-state index in [1.54, 1.807) is 36.4 Å². The van der Waals surface area contributed by atoms with Gasteiger partial charge in [0, 0.05) is 0 Å². The number of hydrogen-bond acceptors (Lipinski definition) is 2. The minimum Gasteiger partial charge on any atom is -0.478 e. The highest BCUT2D eigenvalue weighted by atomic mass is 16.4. The Morgan fingerprint density at radius 2 is 1.50 bits per heavy atom. The molecule has 1 fully saturated rings. The van der Waals surface area contributed by atoms with Crippen molar-refractivity contribution in [3.8, 4) is 0 Å². The summed E-state index contributed by atoms with van der Waals surface area (Å²) in [5, 5.41) is 17.8. The van der Waals surface area contributed by atoms with Crippen LogP contribution in [0.3, 0.4) is 0 Å². The van der Waals surface area contributed by atoms with E-state index in [9.17, 15) is 14.7 Å². The second-order valence-electron chi connectivity index (χ2n) is 8.00. The Labute approximate surface area is 167 Å². The fourth-order valence-electron chi connectivity index (χ4n) is 4.16. The molecule has 0 radical (unpaired) electrons. The van der Waals surface area contributed by atoms with Crippen LogP contribution >= 0.6 is 0 Å². The number of carboxylic acids is 2. The van der Waals surface area contributed by atoms with E-state index >= 15 is 0 Å². The third kappa shape index (κ3) is 5.69. The summed E-state index contributed by atoms with van der Waals surface area (Å²) in [5.74, 6) is 0.640. The van der Waals surface area contributed by atoms with Crippen LogP contribution in [0.2, 0.25) is 0 Å². The van der Waals surface area contributed by atoms with Crippen molar-refractivity contribution in [3.05, 3.63) is 71.3 Å². The Morgan fingerprint density at radius 3 is 2.04 bits per heavy atom. The average Bonchev–Trinajstić information content (AvgIpc) is 2.68. The highest BCUT2D eigenvalue weighted by Crippen LogP contribution is 2.44. The van der Waals surface area contributed by atoms with Gasteiger partial charge in [0.05, 0.1) is 11.1 Å². The largest absolute Gasteiger partial charge is 0.478 e. The summed E-state index contributed by atoms with van der Waals surface area (Å²) in [5.41, 5.74) is 1.87. The van der Waals surface area contributed by atoms with Crippen molar-refractivity contribution in [1.82, 2.24) is 0 Å². The van der Waals surface area contributed by atoms with E-state index < -0.39 is 11.9 Å². The SMILES string of the molecule is CC1CCC(C(C)C)C(c2ccccc2C(=O)O)C1.O=C(O)c1ccccc1. The van der Waals surface area contributed by atoms with Gasteiger partial charge < -0.3 is 10.2 Å². The molecule has 3 unspecified atom stereocenters. The first-order valence-corrected chi connectivity index (χ1v) is 9.91. The van der Waals surface area contributed by atoms with Gasteiger partial charge in [0.1, 0.15) is 0 Å². The molecular formula is C24H30O4. The quantitative estimate of drug-likeness (QED) is 0.685. The van der Waals surface area contributed by atoms with Crippen LogP contribution in [0.1, 0.15) is 72.2 Å². The van der Waals surface area contributed by atoms with Gasteiger partial charge in [-0.15, -0.1) is 0 Å². The van der Waals surface area contributed by atoms with Crippen molar-refractivity contribution >= 4 is 11.9 Å². The standard InChI is InChI=1S/C17H24O2.C7H6O2/c1-11(2)13-9-8-12(3)10-16(13)14-6-4-5-7-15(14)17(18)19;8-7(9)6-4-2-1-3-5-6/h4-7,11-13,16H,8-10H2,1-3H3,(H,18,19);1-5H,(H,8,9). The Balaban J connectivity index is 0.000000261. The Bertz CT molecular complexity index is 782. The molecule has 2 aromatic carbocycles. The van der Waals surface area contributed by atoms with E-state index in [-0.39, 0.29) is 0 Å². The number of hydrogen-bond donors (Lipinski definition) is 2. The molecule has 0 aromatic heterocycles. The summed E-state index contributed by atoms with van der Waals surface area (Å²) in [6.45, 7) is 6.81. The van der Waals surface area contributed by atoms with E-state index in [0.717, 1.165) is 12.0 Å². The second kappa shape index (κ2) is 10.1. The summed E-state index contributed by atoms with van der Waals surface area (Å²) in [6.07, 6.45) is 3.61. The van der Waals surface area contributed by atoms with Gasteiger partial charge in [-0.3, -0.25) is 0 Å². The number of carboxylic acid groups (broad SMARTS) is 2. The summed E-state index contributed by atoms with van der Waals surface area (Å²) in [4.78, 5) is 21.6. The maximum Gasteiger partial charge on any atom is 0.335 e. The number of rotatable bonds is 4. The van der Waals surface area contributed by atoms with Crippen LogP contribution < -0.4 is 0 Å². The molecule has 1 aliphatic carbocycles. The molecule has 2 N–H and O–H groups in total. The molecule has 28 heavy (non-hydrogen) atoms. The summed E-state index contributed by atoms with van der Waals surface area (Å²) >= 11 is 0. The highest BCUT2D eigenvalue weighted by molar-refractivity contribution is 5.89. The molecule has 2 aromatic rings. The Hall–Kier alpha value is -2.62. The summed E-state index contributed by atoms with van der Waals surface area (Å²) in [7, 11) is 0. The number of carbonyl (C=O) groups is 2. The lowest BCUT2D eigenvalue weighted by Gasteiger charge is -2.38. The van der Waals surface area contributed by atoms with Crippen molar-refractivity contribution in [2.24, 2.45) is 17.8 Å². The fraction of sp³-hybridized carbons (Fsp3) is 0.417. The molecule has 0 heterocycles. The second-order valence-corrected chi connectivity index (χ2v) is 8.00. The lowest BCUT2D eigenvalue weighted by molar-refractivity contribution is 0.0684. The van der Waals surface area contributed by atoms with Gasteiger partial charge in [0.15, 0.2) is 0 Å². The molecule has 0 aliphatic heterocycles. The first-order chi connectivity index (χ1) is 13.3. The monoisotopic (exact) mass is 382 g/mol. The van der Waals surface area contributed by atoms with E-state index in [2.05, 4.69) is 20.8 Å². The molecule has 1 aliphatic rings. The first kappa shape index (κ1) is 21.7. The lowest BCUT2D eigenvalue weighted by Crippen LogP contribution is -2.27. The average molecular weight is 383 g/mol. The highest BCUT2D eigenvalue weighted by Gasteiger charge is 2.33. The molecule has 4 heteroatoms. The van der Waals surface area contributed by atoms with Gasteiger partial charge in [-0.1, -0.05) is 63.6 Å². The van der Waals surface area contributed by atoms with Crippen LogP contribution in [0.15, 0.2) is 54.6 Å². The molecule has 0 amide bonds. The minimum absolute atomic E-state index is 0.331. The lowest BCUT2D eigenvalue weighted by atomic mass is 9.67. The van der Waals surface area contributed by atoms with Gasteiger partial charge in [0.25, 0.3) is 0 Å². The van der Waals surface area contributed by atoms with Crippen LogP contribution in [-0.4, -0.2) is 22.2 Å². The van der Waals surface area contributed by atoms with Crippen molar-refractivity contribution in [2.75, 3.05) is 0 Å². The maximum absolute atomic E-state index is 11.4. The minimum atomic E-state index is -0.879. The molecule has 0 spiro atoms. The van der Waals surface area contributed by atoms with Gasteiger partial charge in [-0.05, 0) is 60.3 Å². The van der Waals surface area contributed by atoms with Crippen molar-refractivity contribution in [3.63, 3.8) is 0 Å². The smallest absolute Gasteiger partial charge is 0.335 e. The zero-order valence-corrected chi connectivity index (χ0v) is 16.8. The van der Waals surface area contributed by atoms with Crippen LogP contribution in [0.5, 0.6) is 0 Å². The molecule has 150 valence electrons. The van der Waals surface area contributed by atoms with Gasteiger partial charge in [0.2, 0.25) is 0 Å². The fourth-order valence-corrected chi connectivity index (χ4v) is 4.16. The normalized spacial score (nSPS) is 21.5. The number of aromatic carboxylic acids is 2. The van der Waals surface area contributed by atoms with E-state index in [1.807, 2.05) is 18.2 Å². The Morgan fingerprint density at radius 1 is 0.893 bits per heavy atom. The number of benzene rings is 2. The van der Waals surface area contributed by atoms with Crippen molar-refractivity contribution in [1.29, 1.82) is 0 Å². The van der Waals surface area contributed by atoms with Gasteiger partial charge >= 0.3 is 11.9 Å². The third-order valence-corrected chi connectivity index (χ3v) is 5.63. The van der Waals surface area contributed by atoms with Crippen molar-refractivity contribution < 1.29 is 19.8 Å². The van der Waals surface area contributed by atoms with Crippen LogP contribution in [0.4, 0.5) is 0 Å². The van der Waals surface area contributed by atoms with Crippen LogP contribution in [-0.2, 0) is 0 Å². The van der Waals surface area contributed by atoms with Gasteiger partial charge in [-0.25, -0.2) is 9.59 Å². The molecular weight excluding hydrogens is 352 g/mol. The van der Waals surface area contributed by atoms with Crippen LogP contribution in [0.25, 0.3) is 0 Å². The molecule has 3 rings (SSSR count). The Kier molecular flexibility index (Phi) is 7.80. The predicted octanol–water partition coefficient (Wildman–Crippen LogP) is 5.95. The third-order valence-electron chi connectivity index (χ3n) is 5.63. The van der Waals surface area contributed by atoms with Gasteiger partial charge in [-0.2, -0.15) is 0 Å². The van der Waals surface area contributed by atoms with E-state index in [1.165, 1.54) is 12.8 Å². The molecule has 0 saturated heterocycles. The topological polar surface area (TPSA) is 74.6 Å².